The fourth-order valence-corrected chi connectivity index (χ4v) is 3.14. The van der Waals surface area contributed by atoms with Crippen LogP contribution in [0.5, 0.6) is 0 Å². The Labute approximate surface area is 111 Å². The average molecular weight is 285 g/mol. The minimum atomic E-state index is -2.91. The molecule has 1 saturated heterocycles. The molecule has 0 aromatic heterocycles. The Bertz CT molecular complexity index is 319. The van der Waals surface area contributed by atoms with Gasteiger partial charge in [0, 0.05) is 19.1 Å². The number of sulfone groups is 1. The van der Waals surface area contributed by atoms with Gasteiger partial charge in [0.15, 0.2) is 9.84 Å². The van der Waals surface area contributed by atoms with Gasteiger partial charge >= 0.3 is 0 Å². The highest BCUT2D eigenvalue weighted by Crippen LogP contribution is 2.21. The van der Waals surface area contributed by atoms with E-state index >= 15 is 0 Å². The maximum absolute atomic E-state index is 11.7. The van der Waals surface area contributed by atoms with E-state index in [4.69, 9.17) is 5.73 Å². The van der Waals surface area contributed by atoms with Gasteiger partial charge in [-0.15, -0.1) is 12.4 Å². The summed E-state index contributed by atoms with van der Waals surface area (Å²) in [5.74, 6) is 0.809. The Balaban J connectivity index is 0.00000256. The number of hydrogen-bond acceptors (Lipinski definition) is 4. The lowest BCUT2D eigenvalue weighted by Gasteiger charge is -2.21. The van der Waals surface area contributed by atoms with Crippen molar-refractivity contribution in [3.8, 4) is 0 Å². The van der Waals surface area contributed by atoms with Crippen LogP contribution in [-0.4, -0.2) is 50.0 Å². The maximum Gasteiger partial charge on any atom is 0.153 e. The third-order valence-corrected chi connectivity index (χ3v) is 5.69. The molecular weight excluding hydrogens is 260 g/mol. The van der Waals surface area contributed by atoms with Gasteiger partial charge in [-0.1, -0.05) is 0 Å². The van der Waals surface area contributed by atoms with Crippen LogP contribution in [-0.2, 0) is 9.84 Å². The van der Waals surface area contributed by atoms with E-state index in [-0.39, 0.29) is 23.4 Å². The van der Waals surface area contributed by atoms with E-state index in [0.717, 1.165) is 13.0 Å². The van der Waals surface area contributed by atoms with Crippen LogP contribution in [0.2, 0.25) is 0 Å². The Hall–Kier alpha value is 0.160. The number of nitrogens with two attached hydrogens (primary N) is 1. The minimum Gasteiger partial charge on any atom is -0.330 e. The summed E-state index contributed by atoms with van der Waals surface area (Å²) in [6, 6.07) is 0.468. The molecule has 4 nitrogen and oxygen atoms in total. The zero-order chi connectivity index (χ0) is 12.3. The second-order valence-corrected chi connectivity index (χ2v) is 7.77. The van der Waals surface area contributed by atoms with Crippen LogP contribution in [0.25, 0.3) is 0 Å². The van der Waals surface area contributed by atoms with Crippen LogP contribution in [0.3, 0.4) is 0 Å². The summed E-state index contributed by atoms with van der Waals surface area (Å²) < 4.78 is 23.4. The first-order valence-electron chi connectivity index (χ1n) is 6.02. The topological polar surface area (TPSA) is 63.4 Å². The van der Waals surface area contributed by atoms with E-state index in [9.17, 15) is 8.42 Å². The molecule has 1 aliphatic heterocycles. The van der Waals surface area contributed by atoms with Gasteiger partial charge in [0.05, 0.1) is 11.0 Å². The van der Waals surface area contributed by atoms with Gasteiger partial charge in [0.1, 0.15) is 0 Å². The van der Waals surface area contributed by atoms with E-state index in [1.165, 1.54) is 0 Å². The van der Waals surface area contributed by atoms with Crippen molar-refractivity contribution in [1.82, 2.24) is 4.90 Å². The van der Waals surface area contributed by atoms with Crippen molar-refractivity contribution in [2.24, 2.45) is 11.7 Å². The first-order chi connectivity index (χ1) is 7.36. The van der Waals surface area contributed by atoms with Crippen molar-refractivity contribution in [2.45, 2.75) is 38.5 Å². The van der Waals surface area contributed by atoms with Crippen LogP contribution >= 0.6 is 12.4 Å². The summed E-state index contributed by atoms with van der Waals surface area (Å²) in [6.07, 6.45) is 1.10. The Morgan fingerprint density at radius 1 is 1.41 bits per heavy atom. The molecule has 2 atom stereocenters. The minimum absolute atomic E-state index is 0. The first kappa shape index (κ1) is 17.2. The molecule has 1 rings (SSSR count). The van der Waals surface area contributed by atoms with Gasteiger partial charge in [-0.05, 0) is 39.7 Å². The molecule has 6 heteroatoms. The summed E-state index contributed by atoms with van der Waals surface area (Å²) in [5, 5.41) is -0.268. The fourth-order valence-electron chi connectivity index (χ4n) is 2.18. The van der Waals surface area contributed by atoms with E-state index in [2.05, 4.69) is 11.8 Å². The van der Waals surface area contributed by atoms with Crippen molar-refractivity contribution < 1.29 is 8.42 Å². The van der Waals surface area contributed by atoms with Gasteiger partial charge in [-0.2, -0.15) is 0 Å². The summed E-state index contributed by atoms with van der Waals surface area (Å²) >= 11 is 0. The highest BCUT2D eigenvalue weighted by Gasteiger charge is 2.29. The van der Waals surface area contributed by atoms with Crippen LogP contribution in [0.4, 0.5) is 0 Å². The summed E-state index contributed by atoms with van der Waals surface area (Å²) in [4.78, 5) is 2.25. The molecule has 0 aromatic rings. The zero-order valence-corrected chi connectivity index (χ0v) is 12.6. The van der Waals surface area contributed by atoms with Crippen molar-refractivity contribution in [3.63, 3.8) is 0 Å². The standard InChI is InChI=1S/C11H24N2O2S.ClH/c1-9(2)16(14,15)5-4-13-8-11(7-12)6-10(13)3;/h9-11H,4-8,12H2,1-3H3;1H. The lowest BCUT2D eigenvalue weighted by Crippen LogP contribution is -2.34. The second-order valence-electron chi connectivity index (χ2n) is 5.10. The molecule has 2 unspecified atom stereocenters. The predicted octanol–water partition coefficient (Wildman–Crippen LogP) is 0.900. The van der Waals surface area contributed by atoms with E-state index in [1.54, 1.807) is 13.8 Å². The van der Waals surface area contributed by atoms with Gasteiger partial charge in [0.2, 0.25) is 0 Å². The zero-order valence-electron chi connectivity index (χ0n) is 10.9. The number of hydrogen-bond donors (Lipinski definition) is 1. The lowest BCUT2D eigenvalue weighted by molar-refractivity contribution is 0.280. The van der Waals surface area contributed by atoms with Crippen molar-refractivity contribution in [1.29, 1.82) is 0 Å². The molecule has 1 heterocycles. The van der Waals surface area contributed by atoms with Crippen molar-refractivity contribution in [2.75, 3.05) is 25.4 Å². The predicted molar refractivity (Wildman–Crippen MR) is 74.4 cm³/mol. The number of rotatable bonds is 5. The second kappa shape index (κ2) is 6.92. The van der Waals surface area contributed by atoms with Crippen LogP contribution < -0.4 is 5.73 Å². The monoisotopic (exact) mass is 284 g/mol. The molecule has 0 amide bonds. The molecule has 0 bridgehead atoms. The highest BCUT2D eigenvalue weighted by atomic mass is 35.5. The quantitative estimate of drug-likeness (QED) is 0.815. The van der Waals surface area contributed by atoms with Crippen molar-refractivity contribution in [3.05, 3.63) is 0 Å². The molecule has 0 saturated carbocycles. The molecule has 104 valence electrons. The van der Waals surface area contributed by atoms with Gasteiger partial charge < -0.3 is 5.73 Å². The number of likely N-dealkylation sites (tertiary alicyclic amines) is 1. The third-order valence-electron chi connectivity index (χ3n) is 3.51. The first-order valence-corrected chi connectivity index (χ1v) is 7.74. The van der Waals surface area contributed by atoms with Gasteiger partial charge in [-0.3, -0.25) is 4.90 Å². The maximum atomic E-state index is 11.7. The summed E-state index contributed by atoms with van der Waals surface area (Å²) in [5.41, 5.74) is 5.64. The summed E-state index contributed by atoms with van der Waals surface area (Å²) in [6.45, 7) is 7.94. The molecule has 0 spiro atoms. The smallest absolute Gasteiger partial charge is 0.153 e. The molecule has 17 heavy (non-hydrogen) atoms. The van der Waals surface area contributed by atoms with Gasteiger partial charge in [0.25, 0.3) is 0 Å². The lowest BCUT2D eigenvalue weighted by atomic mass is 10.1. The average Bonchev–Trinajstić information content (AvgIpc) is 2.56. The SMILES string of the molecule is CC1CC(CN)CN1CCS(=O)(=O)C(C)C.Cl. The largest absolute Gasteiger partial charge is 0.330 e. The normalized spacial score (nSPS) is 26.2. The highest BCUT2D eigenvalue weighted by molar-refractivity contribution is 7.92. The van der Waals surface area contributed by atoms with Gasteiger partial charge in [-0.25, -0.2) is 8.42 Å². The molecular formula is C11H25ClN2O2S. The van der Waals surface area contributed by atoms with E-state index in [0.29, 0.717) is 25.0 Å². The molecule has 1 fully saturated rings. The molecule has 0 aliphatic carbocycles. The Morgan fingerprint density at radius 3 is 2.41 bits per heavy atom. The van der Waals surface area contributed by atoms with Crippen molar-refractivity contribution >= 4 is 22.2 Å². The van der Waals surface area contributed by atoms with Crippen LogP contribution in [0.1, 0.15) is 27.2 Å². The van der Waals surface area contributed by atoms with E-state index in [1.807, 2.05) is 0 Å². The summed E-state index contributed by atoms with van der Waals surface area (Å²) in [7, 11) is -2.91. The Kier molecular flexibility index (Phi) is 6.99. The van der Waals surface area contributed by atoms with E-state index < -0.39 is 9.84 Å². The third kappa shape index (κ3) is 4.73. The van der Waals surface area contributed by atoms with Crippen LogP contribution in [0.15, 0.2) is 0 Å². The molecule has 0 aromatic carbocycles. The van der Waals surface area contributed by atoms with Crippen LogP contribution in [0, 0.1) is 5.92 Å². The molecule has 0 radical (unpaired) electrons. The molecule has 2 N–H and O–H groups in total. The fraction of sp³-hybridized carbons (Fsp3) is 1.00. The number of halogens is 1. The Morgan fingerprint density at radius 2 is 2.00 bits per heavy atom. The number of nitrogens with zero attached hydrogens (tertiary/aromatic N) is 1. The molecule has 1 aliphatic rings.